The molecule has 2 nitrogen and oxygen atoms in total. The second kappa shape index (κ2) is 7.05. The zero-order valence-corrected chi connectivity index (χ0v) is 11.1. The second-order valence-electron chi connectivity index (χ2n) is 5.19. The van der Waals surface area contributed by atoms with E-state index < -0.39 is 0 Å². The smallest absolute Gasteiger partial charge is 0.149 e. The first-order valence-corrected chi connectivity index (χ1v) is 6.95. The Kier molecular flexibility index (Phi) is 6.04. The third kappa shape index (κ3) is 3.89. The highest BCUT2D eigenvalue weighted by Crippen LogP contribution is 2.32. The van der Waals surface area contributed by atoms with E-state index in [0.717, 1.165) is 24.8 Å². The lowest BCUT2D eigenvalue weighted by atomic mass is 9.76. The summed E-state index contributed by atoms with van der Waals surface area (Å²) < 4.78 is 0. The van der Waals surface area contributed by atoms with Gasteiger partial charge in [0.2, 0.25) is 0 Å². The van der Waals surface area contributed by atoms with E-state index in [0.29, 0.717) is 12.2 Å². The van der Waals surface area contributed by atoms with Gasteiger partial charge < -0.3 is 5.32 Å². The lowest BCUT2D eigenvalue weighted by Crippen LogP contribution is -2.39. The Hall–Kier alpha value is -0.370. The lowest BCUT2D eigenvalue weighted by molar-refractivity contribution is -0.121. The van der Waals surface area contributed by atoms with Gasteiger partial charge in [-0.3, -0.25) is 4.79 Å². The summed E-state index contributed by atoms with van der Waals surface area (Å²) in [5.74, 6) is 1.95. The molecule has 2 heteroatoms. The van der Waals surface area contributed by atoms with Crippen molar-refractivity contribution in [3.8, 4) is 0 Å². The van der Waals surface area contributed by atoms with E-state index in [4.69, 9.17) is 0 Å². The van der Waals surface area contributed by atoms with Gasteiger partial charge in [-0.2, -0.15) is 0 Å². The van der Waals surface area contributed by atoms with Gasteiger partial charge in [-0.25, -0.2) is 0 Å². The fourth-order valence-corrected chi connectivity index (χ4v) is 2.87. The van der Waals surface area contributed by atoms with Crippen LogP contribution in [-0.2, 0) is 4.79 Å². The molecular formula is C14H27NO. The normalized spacial score (nSPS) is 27.7. The summed E-state index contributed by atoms with van der Waals surface area (Å²) in [6.07, 6.45) is 7.13. The zero-order chi connectivity index (χ0) is 12.0. The Morgan fingerprint density at radius 1 is 1.31 bits per heavy atom. The standard InChI is InChI=1S/C14H27NO/c1-4-14(16)13(15-5-2)10-12-9-7-6-8-11(12)3/h11-13,15H,4-10H2,1-3H3. The third-order valence-corrected chi connectivity index (χ3v) is 4.02. The molecule has 0 saturated heterocycles. The van der Waals surface area contributed by atoms with Crippen molar-refractivity contribution >= 4 is 5.78 Å². The van der Waals surface area contributed by atoms with Crippen LogP contribution in [0.15, 0.2) is 0 Å². The molecule has 0 amide bonds. The van der Waals surface area contributed by atoms with E-state index in [2.05, 4.69) is 19.2 Å². The van der Waals surface area contributed by atoms with Gasteiger partial charge in [0.15, 0.2) is 0 Å². The van der Waals surface area contributed by atoms with Crippen LogP contribution in [0.4, 0.5) is 0 Å². The molecule has 3 atom stereocenters. The molecular weight excluding hydrogens is 198 g/mol. The predicted molar refractivity (Wildman–Crippen MR) is 68.5 cm³/mol. The number of Topliss-reactive ketones (excluding diaryl/α,β-unsaturated/α-hetero) is 1. The topological polar surface area (TPSA) is 29.1 Å². The minimum absolute atomic E-state index is 0.112. The Balaban J connectivity index is 2.49. The van der Waals surface area contributed by atoms with E-state index >= 15 is 0 Å². The van der Waals surface area contributed by atoms with Crippen molar-refractivity contribution in [3.05, 3.63) is 0 Å². The minimum atomic E-state index is 0.112. The summed E-state index contributed by atoms with van der Waals surface area (Å²) in [6, 6.07) is 0.112. The molecule has 0 aromatic rings. The number of hydrogen-bond donors (Lipinski definition) is 1. The van der Waals surface area contributed by atoms with E-state index in [1.807, 2.05) is 6.92 Å². The van der Waals surface area contributed by atoms with Crippen LogP contribution < -0.4 is 5.32 Å². The average molecular weight is 225 g/mol. The molecule has 0 heterocycles. The van der Waals surface area contributed by atoms with Gasteiger partial charge in [0.25, 0.3) is 0 Å². The summed E-state index contributed by atoms with van der Waals surface area (Å²) in [4.78, 5) is 11.8. The van der Waals surface area contributed by atoms with Gasteiger partial charge in [-0.15, -0.1) is 0 Å². The molecule has 94 valence electrons. The number of carbonyl (C=O) groups excluding carboxylic acids is 1. The molecule has 3 unspecified atom stereocenters. The summed E-state index contributed by atoms with van der Waals surface area (Å²) in [7, 11) is 0. The lowest BCUT2D eigenvalue weighted by Gasteiger charge is -2.31. The van der Waals surface area contributed by atoms with Crippen LogP contribution in [0.25, 0.3) is 0 Å². The molecule has 1 aliphatic rings. The minimum Gasteiger partial charge on any atom is -0.308 e. The molecule has 1 rings (SSSR count). The largest absolute Gasteiger partial charge is 0.308 e. The maximum absolute atomic E-state index is 11.8. The van der Waals surface area contributed by atoms with Gasteiger partial charge in [0, 0.05) is 6.42 Å². The molecule has 16 heavy (non-hydrogen) atoms. The first kappa shape index (κ1) is 13.7. The van der Waals surface area contributed by atoms with Gasteiger partial charge in [-0.05, 0) is 24.8 Å². The Morgan fingerprint density at radius 3 is 2.56 bits per heavy atom. The van der Waals surface area contributed by atoms with Crippen LogP contribution in [0.5, 0.6) is 0 Å². The van der Waals surface area contributed by atoms with Crippen molar-refractivity contribution in [3.63, 3.8) is 0 Å². The monoisotopic (exact) mass is 225 g/mol. The van der Waals surface area contributed by atoms with E-state index in [1.54, 1.807) is 0 Å². The summed E-state index contributed by atoms with van der Waals surface area (Å²) in [6.45, 7) is 7.30. The average Bonchev–Trinajstić information content (AvgIpc) is 2.30. The highest BCUT2D eigenvalue weighted by atomic mass is 16.1. The first-order valence-electron chi connectivity index (χ1n) is 6.95. The van der Waals surface area contributed by atoms with Crippen molar-refractivity contribution in [1.82, 2.24) is 5.32 Å². The number of hydrogen-bond acceptors (Lipinski definition) is 2. The van der Waals surface area contributed by atoms with Crippen LogP contribution >= 0.6 is 0 Å². The molecule has 1 saturated carbocycles. The van der Waals surface area contributed by atoms with Crippen molar-refractivity contribution in [2.24, 2.45) is 11.8 Å². The van der Waals surface area contributed by atoms with Crippen molar-refractivity contribution in [2.45, 2.75) is 65.3 Å². The number of rotatable bonds is 6. The Morgan fingerprint density at radius 2 is 2.00 bits per heavy atom. The van der Waals surface area contributed by atoms with Gasteiger partial charge >= 0.3 is 0 Å². The predicted octanol–water partition coefficient (Wildman–Crippen LogP) is 3.16. The SMILES string of the molecule is CCNC(CC1CCCCC1C)C(=O)CC. The van der Waals surface area contributed by atoms with Crippen LogP contribution in [0.3, 0.4) is 0 Å². The van der Waals surface area contributed by atoms with Crippen LogP contribution in [-0.4, -0.2) is 18.4 Å². The number of carbonyl (C=O) groups is 1. The van der Waals surface area contributed by atoms with E-state index in [1.165, 1.54) is 25.7 Å². The first-order chi connectivity index (χ1) is 7.69. The number of likely N-dealkylation sites (N-methyl/N-ethyl adjacent to an activating group) is 1. The van der Waals surface area contributed by atoms with E-state index in [-0.39, 0.29) is 6.04 Å². The summed E-state index contributed by atoms with van der Waals surface area (Å²) in [5.41, 5.74) is 0. The number of ketones is 1. The maximum atomic E-state index is 11.8. The quantitative estimate of drug-likeness (QED) is 0.752. The Bertz CT molecular complexity index is 215. The van der Waals surface area contributed by atoms with Crippen LogP contribution in [0.1, 0.15) is 59.3 Å². The molecule has 0 aliphatic heterocycles. The van der Waals surface area contributed by atoms with Crippen molar-refractivity contribution in [2.75, 3.05) is 6.54 Å². The number of nitrogens with one attached hydrogen (secondary N) is 1. The van der Waals surface area contributed by atoms with Gasteiger partial charge in [0.05, 0.1) is 6.04 Å². The molecule has 1 aliphatic carbocycles. The maximum Gasteiger partial charge on any atom is 0.149 e. The molecule has 1 fully saturated rings. The van der Waals surface area contributed by atoms with Gasteiger partial charge in [-0.1, -0.05) is 46.5 Å². The third-order valence-electron chi connectivity index (χ3n) is 4.02. The van der Waals surface area contributed by atoms with Crippen molar-refractivity contribution < 1.29 is 4.79 Å². The second-order valence-corrected chi connectivity index (χ2v) is 5.19. The molecule has 0 radical (unpaired) electrons. The molecule has 0 bridgehead atoms. The molecule has 1 N–H and O–H groups in total. The molecule has 0 aromatic carbocycles. The fraction of sp³-hybridized carbons (Fsp3) is 0.929. The van der Waals surface area contributed by atoms with Crippen LogP contribution in [0, 0.1) is 11.8 Å². The summed E-state index contributed by atoms with van der Waals surface area (Å²) in [5, 5.41) is 3.35. The highest BCUT2D eigenvalue weighted by molar-refractivity contribution is 5.83. The molecule has 0 spiro atoms. The van der Waals surface area contributed by atoms with Crippen molar-refractivity contribution in [1.29, 1.82) is 0 Å². The highest BCUT2D eigenvalue weighted by Gasteiger charge is 2.26. The Labute approximate surface area is 100 Å². The van der Waals surface area contributed by atoms with Gasteiger partial charge in [0.1, 0.15) is 5.78 Å². The fourth-order valence-electron chi connectivity index (χ4n) is 2.87. The zero-order valence-electron chi connectivity index (χ0n) is 11.1. The summed E-state index contributed by atoms with van der Waals surface area (Å²) >= 11 is 0. The van der Waals surface area contributed by atoms with Crippen LogP contribution in [0.2, 0.25) is 0 Å². The molecule has 0 aromatic heterocycles. The van der Waals surface area contributed by atoms with E-state index in [9.17, 15) is 4.79 Å².